The van der Waals surface area contributed by atoms with Crippen molar-refractivity contribution in [2.45, 2.75) is 38.5 Å². The molecule has 140 valence electrons. The number of hydrogen-bond donors (Lipinski definition) is 0. The molecule has 2 heterocycles. The van der Waals surface area contributed by atoms with Crippen LogP contribution in [0.3, 0.4) is 0 Å². The number of nitrogens with zero attached hydrogens (tertiary/aromatic N) is 2. The summed E-state index contributed by atoms with van der Waals surface area (Å²) in [5, 5.41) is 0. The minimum Gasteiger partial charge on any atom is -0.358 e. The van der Waals surface area contributed by atoms with Gasteiger partial charge in [0.2, 0.25) is 0 Å². The third-order valence-electron chi connectivity index (χ3n) is 5.05. The van der Waals surface area contributed by atoms with E-state index in [4.69, 9.17) is 12.2 Å². The van der Waals surface area contributed by atoms with Crippen LogP contribution >= 0.6 is 24.0 Å². The molecule has 2 aliphatic rings. The van der Waals surface area contributed by atoms with E-state index >= 15 is 0 Å². The molecule has 0 bridgehead atoms. The summed E-state index contributed by atoms with van der Waals surface area (Å²) in [6, 6.07) is 9.48. The Labute approximate surface area is 166 Å². The first-order valence-electron chi connectivity index (χ1n) is 9.70. The summed E-state index contributed by atoms with van der Waals surface area (Å²) in [7, 11) is 0. The van der Waals surface area contributed by atoms with Gasteiger partial charge < -0.3 is 9.80 Å². The number of carbonyl (C=O) groups excluding carboxylic acids is 1. The Morgan fingerprint density at radius 2 is 1.46 bits per heavy atom. The van der Waals surface area contributed by atoms with Gasteiger partial charge in [-0.3, -0.25) is 4.79 Å². The maximum atomic E-state index is 12.3. The summed E-state index contributed by atoms with van der Waals surface area (Å²) >= 11 is 7.11. The number of carbonyl (C=O) groups is 1. The van der Waals surface area contributed by atoms with E-state index in [2.05, 4.69) is 15.9 Å². The standard InChI is InChI=1S/C21H28N2OS2/c24-19(18-10-4-1-5-11-18)17-26-21(25)16-20(22-12-6-2-7-13-22)23-14-8-3-9-15-23/h1,4-5,10-11,16H,2-3,6-9,12-15,17H2. The Balaban J connectivity index is 1.63. The normalized spacial score (nSPS) is 17.7. The van der Waals surface area contributed by atoms with Crippen LogP contribution in [0, 0.1) is 0 Å². The van der Waals surface area contributed by atoms with Crippen molar-refractivity contribution >= 4 is 34.0 Å². The van der Waals surface area contributed by atoms with E-state index in [1.54, 1.807) is 0 Å². The van der Waals surface area contributed by atoms with Crippen LogP contribution in [0.4, 0.5) is 0 Å². The number of Topliss-reactive ketones (excluding diaryl/α,β-unsaturated/α-hetero) is 1. The van der Waals surface area contributed by atoms with Crippen molar-refractivity contribution in [1.82, 2.24) is 9.80 Å². The number of piperidine rings is 2. The SMILES string of the molecule is O=C(CSC(=S)C=C(N1CCCCC1)N1CCCCC1)c1ccccc1. The van der Waals surface area contributed by atoms with Crippen molar-refractivity contribution < 1.29 is 4.79 Å². The number of ketones is 1. The minimum absolute atomic E-state index is 0.142. The van der Waals surface area contributed by atoms with Crippen molar-refractivity contribution in [3.8, 4) is 0 Å². The van der Waals surface area contributed by atoms with E-state index in [0.717, 1.165) is 35.9 Å². The molecule has 0 unspecified atom stereocenters. The lowest BCUT2D eigenvalue weighted by molar-refractivity contribution is 0.102. The first-order chi connectivity index (χ1) is 12.7. The highest BCUT2D eigenvalue weighted by Crippen LogP contribution is 2.23. The number of thioether (sulfide) groups is 1. The average Bonchev–Trinajstić information content (AvgIpc) is 2.72. The van der Waals surface area contributed by atoms with Gasteiger partial charge >= 0.3 is 0 Å². The largest absolute Gasteiger partial charge is 0.358 e. The Morgan fingerprint density at radius 1 is 0.923 bits per heavy atom. The lowest BCUT2D eigenvalue weighted by atomic mass is 10.1. The molecule has 0 N–H and O–H groups in total. The van der Waals surface area contributed by atoms with Gasteiger partial charge in [0.05, 0.1) is 9.95 Å². The number of benzene rings is 1. The molecule has 5 heteroatoms. The molecule has 0 radical (unpaired) electrons. The molecule has 0 amide bonds. The van der Waals surface area contributed by atoms with Crippen molar-refractivity contribution in [2.24, 2.45) is 0 Å². The van der Waals surface area contributed by atoms with Gasteiger partial charge in [0.1, 0.15) is 5.82 Å². The predicted molar refractivity (Wildman–Crippen MR) is 115 cm³/mol. The Hall–Kier alpha value is -1.33. The van der Waals surface area contributed by atoms with Crippen molar-refractivity contribution in [3.63, 3.8) is 0 Å². The molecule has 2 fully saturated rings. The number of hydrogen-bond acceptors (Lipinski definition) is 5. The van der Waals surface area contributed by atoms with Crippen molar-refractivity contribution in [3.05, 3.63) is 47.8 Å². The highest BCUT2D eigenvalue weighted by atomic mass is 32.2. The van der Waals surface area contributed by atoms with Crippen LogP contribution in [0.1, 0.15) is 48.9 Å². The van der Waals surface area contributed by atoms with Crippen LogP contribution in [0.15, 0.2) is 42.2 Å². The molecule has 2 saturated heterocycles. The quantitative estimate of drug-likeness (QED) is 0.398. The van der Waals surface area contributed by atoms with Crippen molar-refractivity contribution in [2.75, 3.05) is 31.9 Å². The van der Waals surface area contributed by atoms with Crippen molar-refractivity contribution in [1.29, 1.82) is 0 Å². The van der Waals surface area contributed by atoms with Gasteiger partial charge in [0.25, 0.3) is 0 Å². The summed E-state index contributed by atoms with van der Waals surface area (Å²) in [4.78, 5) is 17.3. The lowest BCUT2D eigenvalue weighted by Crippen LogP contribution is -2.41. The zero-order valence-corrected chi connectivity index (χ0v) is 17.0. The fraction of sp³-hybridized carbons (Fsp3) is 0.524. The Morgan fingerprint density at radius 3 is 2.00 bits per heavy atom. The molecule has 2 aliphatic heterocycles. The molecule has 0 aromatic heterocycles. The van der Waals surface area contributed by atoms with Gasteiger partial charge in [-0.05, 0) is 38.5 Å². The first kappa shape index (κ1) is 19.4. The van der Waals surface area contributed by atoms with E-state index in [9.17, 15) is 4.79 Å². The molecule has 0 atom stereocenters. The van der Waals surface area contributed by atoms with Gasteiger partial charge in [0.15, 0.2) is 5.78 Å². The van der Waals surface area contributed by atoms with Gasteiger partial charge in [0, 0.05) is 37.8 Å². The van der Waals surface area contributed by atoms with E-state index < -0.39 is 0 Å². The maximum absolute atomic E-state index is 12.3. The summed E-state index contributed by atoms with van der Waals surface area (Å²) in [6.45, 7) is 4.49. The molecule has 1 aromatic carbocycles. The Bertz CT molecular complexity index is 613. The van der Waals surface area contributed by atoms with Crippen LogP contribution in [-0.2, 0) is 0 Å². The second kappa shape index (κ2) is 10.1. The minimum atomic E-state index is 0.142. The third-order valence-corrected chi connectivity index (χ3v) is 6.33. The summed E-state index contributed by atoms with van der Waals surface area (Å²) < 4.78 is 0.820. The van der Waals surface area contributed by atoms with Crippen LogP contribution in [0.2, 0.25) is 0 Å². The summed E-state index contributed by atoms with van der Waals surface area (Å²) in [5.74, 6) is 1.84. The molecule has 3 nitrogen and oxygen atoms in total. The van der Waals surface area contributed by atoms with Gasteiger partial charge in [-0.15, -0.1) is 11.8 Å². The molecular formula is C21H28N2OS2. The van der Waals surface area contributed by atoms with Gasteiger partial charge in [-0.2, -0.15) is 0 Å². The summed E-state index contributed by atoms with van der Waals surface area (Å²) in [5.41, 5.74) is 0.763. The lowest BCUT2D eigenvalue weighted by Gasteiger charge is -2.40. The maximum Gasteiger partial charge on any atom is 0.173 e. The second-order valence-corrected chi connectivity index (χ2v) is 8.71. The zero-order chi connectivity index (χ0) is 18.2. The first-order valence-corrected chi connectivity index (χ1v) is 11.1. The zero-order valence-electron chi connectivity index (χ0n) is 15.4. The molecule has 0 aliphatic carbocycles. The molecule has 26 heavy (non-hydrogen) atoms. The molecule has 0 spiro atoms. The fourth-order valence-corrected chi connectivity index (χ4v) is 4.53. The molecule has 0 saturated carbocycles. The van der Waals surface area contributed by atoms with Crippen LogP contribution in [0.25, 0.3) is 0 Å². The summed E-state index contributed by atoms with van der Waals surface area (Å²) in [6.07, 6.45) is 9.85. The second-order valence-electron chi connectivity index (χ2n) is 6.99. The van der Waals surface area contributed by atoms with E-state index in [0.29, 0.717) is 5.75 Å². The van der Waals surface area contributed by atoms with Gasteiger partial charge in [-0.1, -0.05) is 42.5 Å². The molecule has 3 rings (SSSR count). The highest BCUT2D eigenvalue weighted by Gasteiger charge is 2.21. The highest BCUT2D eigenvalue weighted by molar-refractivity contribution is 8.24. The number of rotatable bonds is 6. The smallest absolute Gasteiger partial charge is 0.173 e. The Kier molecular flexibility index (Phi) is 7.56. The van der Waals surface area contributed by atoms with E-state index in [1.807, 2.05) is 30.3 Å². The van der Waals surface area contributed by atoms with E-state index in [1.165, 1.54) is 56.1 Å². The fourth-order valence-electron chi connectivity index (χ4n) is 3.62. The number of likely N-dealkylation sites (tertiary alicyclic amines) is 2. The average molecular weight is 389 g/mol. The van der Waals surface area contributed by atoms with Gasteiger partial charge in [-0.25, -0.2) is 0 Å². The van der Waals surface area contributed by atoms with Crippen LogP contribution in [0.5, 0.6) is 0 Å². The van der Waals surface area contributed by atoms with Crippen LogP contribution < -0.4 is 0 Å². The monoisotopic (exact) mass is 388 g/mol. The third kappa shape index (κ3) is 5.58. The van der Waals surface area contributed by atoms with E-state index in [-0.39, 0.29) is 5.78 Å². The molecular weight excluding hydrogens is 360 g/mol. The van der Waals surface area contributed by atoms with Crippen LogP contribution in [-0.4, -0.2) is 51.7 Å². The topological polar surface area (TPSA) is 23.6 Å². The molecule has 1 aromatic rings. The number of thiocarbonyl (C=S) groups is 1. The predicted octanol–water partition coefficient (Wildman–Crippen LogP) is 4.74.